The number of hydrogen-bond acceptors (Lipinski definition) is 3. The summed E-state index contributed by atoms with van der Waals surface area (Å²) in [4.78, 5) is 3.96. The zero-order valence-electron chi connectivity index (χ0n) is 8.21. The second-order valence-corrected chi connectivity index (χ2v) is 4.53. The molecule has 17 heavy (non-hydrogen) atoms. The summed E-state index contributed by atoms with van der Waals surface area (Å²) in [5.74, 6) is 0.547. The van der Waals surface area contributed by atoms with E-state index in [-0.39, 0.29) is 12.0 Å². The third-order valence-electron chi connectivity index (χ3n) is 1.84. The van der Waals surface area contributed by atoms with Gasteiger partial charge in [0.05, 0.1) is 26.6 Å². The van der Waals surface area contributed by atoms with Gasteiger partial charge < -0.3 is 9.15 Å². The minimum Gasteiger partial charge on any atom is -0.417 e. The van der Waals surface area contributed by atoms with Gasteiger partial charge in [-0.2, -0.15) is 4.98 Å². The van der Waals surface area contributed by atoms with Crippen LogP contribution in [0.1, 0.15) is 5.69 Å². The molecular weight excluding hydrogens is 308 g/mol. The van der Waals surface area contributed by atoms with Gasteiger partial charge in [0.2, 0.25) is 0 Å². The molecule has 2 aromatic rings. The van der Waals surface area contributed by atoms with Crippen molar-refractivity contribution in [2.75, 3.05) is 0 Å². The predicted molar refractivity (Wildman–Crippen MR) is 67.6 cm³/mol. The van der Waals surface area contributed by atoms with Crippen molar-refractivity contribution in [3.63, 3.8) is 0 Å². The highest BCUT2D eigenvalue weighted by atomic mass is 35.5. The molecule has 0 aliphatic carbocycles. The smallest absolute Gasteiger partial charge is 0.399 e. The van der Waals surface area contributed by atoms with Crippen molar-refractivity contribution in [3.8, 4) is 11.8 Å². The van der Waals surface area contributed by atoms with Crippen LogP contribution in [0.5, 0.6) is 11.8 Å². The van der Waals surface area contributed by atoms with Crippen LogP contribution in [-0.2, 0) is 5.88 Å². The fraction of sp³-hybridized carbons (Fsp3) is 0.100. The van der Waals surface area contributed by atoms with E-state index in [9.17, 15) is 0 Å². The lowest BCUT2D eigenvalue weighted by Gasteiger charge is -2.04. The zero-order valence-corrected chi connectivity index (χ0v) is 11.2. The van der Waals surface area contributed by atoms with Crippen molar-refractivity contribution in [2.24, 2.45) is 0 Å². The summed E-state index contributed by atoms with van der Waals surface area (Å²) in [6.07, 6.45) is 1.44. The molecule has 2 rings (SSSR count). The van der Waals surface area contributed by atoms with Gasteiger partial charge in [-0.15, -0.1) is 11.6 Å². The maximum Gasteiger partial charge on any atom is 0.399 e. The second-order valence-electron chi connectivity index (χ2n) is 3.04. The molecule has 0 aliphatic rings. The van der Waals surface area contributed by atoms with Crippen LogP contribution in [-0.4, -0.2) is 4.98 Å². The first-order valence-electron chi connectivity index (χ1n) is 4.43. The lowest BCUT2D eigenvalue weighted by Crippen LogP contribution is -1.86. The van der Waals surface area contributed by atoms with Crippen molar-refractivity contribution in [1.29, 1.82) is 0 Å². The molecule has 7 heteroatoms. The fourth-order valence-electron chi connectivity index (χ4n) is 1.07. The van der Waals surface area contributed by atoms with E-state index in [4.69, 9.17) is 55.6 Å². The molecule has 1 aromatic heterocycles. The maximum absolute atomic E-state index is 5.93. The van der Waals surface area contributed by atoms with Gasteiger partial charge in [0, 0.05) is 6.07 Å². The van der Waals surface area contributed by atoms with Gasteiger partial charge in [0.1, 0.15) is 6.26 Å². The van der Waals surface area contributed by atoms with Crippen molar-refractivity contribution < 1.29 is 9.15 Å². The molecule has 1 aromatic carbocycles. The van der Waals surface area contributed by atoms with Crippen LogP contribution in [0.3, 0.4) is 0 Å². The lowest BCUT2D eigenvalue weighted by molar-refractivity contribution is 0.331. The van der Waals surface area contributed by atoms with Crippen LogP contribution < -0.4 is 4.74 Å². The van der Waals surface area contributed by atoms with E-state index < -0.39 is 0 Å². The standard InChI is InChI=1S/C10H5Cl4NO2/c11-3-5-4-16-10(15-5)17-9-2-7(13)6(12)1-8(9)14/h1-2,4H,3H2. The SMILES string of the molecule is ClCc1coc(Oc2cc(Cl)c(Cl)cc2Cl)n1. The fourth-order valence-corrected chi connectivity index (χ4v) is 1.77. The summed E-state index contributed by atoms with van der Waals surface area (Å²) in [5.41, 5.74) is 0.567. The third-order valence-corrected chi connectivity index (χ3v) is 3.13. The Hall–Kier alpha value is -0.610. The number of nitrogens with zero attached hydrogens (tertiary/aromatic N) is 1. The largest absolute Gasteiger partial charge is 0.417 e. The minimum absolute atomic E-state index is 0.0425. The van der Waals surface area contributed by atoms with E-state index in [1.165, 1.54) is 18.4 Å². The van der Waals surface area contributed by atoms with E-state index in [1.807, 2.05) is 0 Å². The molecule has 0 atom stereocenters. The summed E-state index contributed by atoms with van der Waals surface area (Å²) >= 11 is 23.1. The van der Waals surface area contributed by atoms with Crippen molar-refractivity contribution >= 4 is 46.4 Å². The molecule has 0 radical (unpaired) electrons. The Labute approximate surface area is 117 Å². The molecule has 0 saturated carbocycles. The van der Waals surface area contributed by atoms with Crippen molar-refractivity contribution in [3.05, 3.63) is 39.2 Å². The van der Waals surface area contributed by atoms with Crippen LogP contribution in [0, 0.1) is 0 Å². The molecule has 0 amide bonds. The van der Waals surface area contributed by atoms with Gasteiger partial charge in [-0.25, -0.2) is 0 Å². The molecule has 3 nitrogen and oxygen atoms in total. The number of ether oxygens (including phenoxy) is 1. The van der Waals surface area contributed by atoms with Gasteiger partial charge >= 0.3 is 6.08 Å². The van der Waals surface area contributed by atoms with Gasteiger partial charge in [0.15, 0.2) is 5.75 Å². The molecule has 0 bridgehead atoms. The highest BCUT2D eigenvalue weighted by molar-refractivity contribution is 6.43. The minimum atomic E-state index is 0.0425. The molecule has 0 fully saturated rings. The molecule has 0 spiro atoms. The Bertz CT molecular complexity index is 541. The van der Waals surface area contributed by atoms with E-state index in [2.05, 4.69) is 4.98 Å². The Morgan fingerprint density at radius 1 is 1.12 bits per heavy atom. The van der Waals surface area contributed by atoms with Crippen molar-refractivity contribution in [1.82, 2.24) is 4.98 Å². The maximum atomic E-state index is 5.93. The summed E-state index contributed by atoms with van der Waals surface area (Å²) < 4.78 is 10.3. The van der Waals surface area contributed by atoms with E-state index in [0.29, 0.717) is 26.5 Å². The normalized spacial score (nSPS) is 10.6. The molecule has 90 valence electrons. The monoisotopic (exact) mass is 311 g/mol. The zero-order chi connectivity index (χ0) is 12.4. The summed E-state index contributed by atoms with van der Waals surface area (Å²) in [7, 11) is 0. The summed E-state index contributed by atoms with van der Waals surface area (Å²) in [5, 5.41) is 0.984. The number of benzene rings is 1. The average Bonchev–Trinajstić information content (AvgIpc) is 2.73. The number of rotatable bonds is 3. The lowest BCUT2D eigenvalue weighted by atomic mass is 10.3. The Balaban J connectivity index is 2.26. The number of halogens is 4. The topological polar surface area (TPSA) is 35.3 Å². The first kappa shape index (κ1) is 12.8. The van der Waals surface area contributed by atoms with E-state index in [0.717, 1.165) is 0 Å². The Morgan fingerprint density at radius 2 is 1.82 bits per heavy atom. The molecular formula is C10H5Cl4NO2. The second kappa shape index (κ2) is 5.36. The highest BCUT2D eigenvalue weighted by Crippen LogP contribution is 2.36. The number of hydrogen-bond donors (Lipinski definition) is 0. The van der Waals surface area contributed by atoms with E-state index >= 15 is 0 Å². The first-order chi connectivity index (χ1) is 8.10. The predicted octanol–water partition coefficient (Wildman–Crippen LogP) is 5.17. The summed E-state index contributed by atoms with van der Waals surface area (Å²) in [6.45, 7) is 0. The molecule has 0 aliphatic heterocycles. The van der Waals surface area contributed by atoms with Gasteiger partial charge in [-0.1, -0.05) is 34.8 Å². The van der Waals surface area contributed by atoms with Gasteiger partial charge in [0.25, 0.3) is 0 Å². The van der Waals surface area contributed by atoms with Crippen LogP contribution in [0.4, 0.5) is 0 Å². The van der Waals surface area contributed by atoms with Crippen LogP contribution in [0.15, 0.2) is 22.8 Å². The Kier molecular flexibility index (Phi) is 4.05. The number of aromatic nitrogens is 1. The van der Waals surface area contributed by atoms with E-state index in [1.54, 1.807) is 0 Å². The van der Waals surface area contributed by atoms with Crippen LogP contribution in [0.2, 0.25) is 15.1 Å². The highest BCUT2D eigenvalue weighted by Gasteiger charge is 2.11. The molecule has 1 heterocycles. The summed E-state index contributed by atoms with van der Waals surface area (Å²) in [6, 6.07) is 2.96. The third kappa shape index (κ3) is 2.99. The molecule has 0 N–H and O–H groups in total. The van der Waals surface area contributed by atoms with Gasteiger partial charge in [-0.05, 0) is 6.07 Å². The number of oxazole rings is 1. The quantitative estimate of drug-likeness (QED) is 0.579. The molecule has 0 unspecified atom stereocenters. The number of alkyl halides is 1. The first-order valence-corrected chi connectivity index (χ1v) is 6.09. The molecule has 0 saturated heterocycles. The van der Waals surface area contributed by atoms with Crippen molar-refractivity contribution in [2.45, 2.75) is 5.88 Å². The van der Waals surface area contributed by atoms with Crippen LogP contribution >= 0.6 is 46.4 Å². The van der Waals surface area contributed by atoms with Crippen LogP contribution in [0.25, 0.3) is 0 Å². The van der Waals surface area contributed by atoms with Gasteiger partial charge in [-0.3, -0.25) is 0 Å². The Morgan fingerprint density at radius 3 is 2.47 bits per heavy atom. The average molecular weight is 313 g/mol.